The summed E-state index contributed by atoms with van der Waals surface area (Å²) in [5, 5.41) is 25.7. The molecule has 1 rings (SSSR count). The van der Waals surface area contributed by atoms with E-state index in [1.165, 1.54) is 12.1 Å². The van der Waals surface area contributed by atoms with Crippen LogP contribution < -0.4 is 5.46 Å². The van der Waals surface area contributed by atoms with Crippen molar-refractivity contribution in [3.05, 3.63) is 23.8 Å². The quantitative estimate of drug-likeness (QED) is 0.369. The molecule has 3 N–H and O–H groups in total. The zero-order valence-corrected chi connectivity index (χ0v) is 6.11. The fraction of sp³-hybridized carbons (Fsp3) is 0.167. The Balaban J connectivity index is 3.03. The maximum Gasteiger partial charge on any atom is 0.493 e. The van der Waals surface area contributed by atoms with Gasteiger partial charge in [-0.2, -0.15) is 4.39 Å². The topological polar surface area (TPSA) is 73.6 Å². The van der Waals surface area contributed by atoms with Crippen molar-refractivity contribution >= 4 is 12.6 Å². The molecule has 0 unspecified atom stereocenters. The molecular formula is C6H7BFNO3. The van der Waals surface area contributed by atoms with Crippen LogP contribution in [0.1, 0.15) is 5.69 Å². The molecule has 1 heterocycles. The first kappa shape index (κ1) is 9.12. The monoisotopic (exact) mass is 171 g/mol. The van der Waals surface area contributed by atoms with Crippen molar-refractivity contribution in [1.82, 2.24) is 4.98 Å². The lowest BCUT2D eigenvalue weighted by Gasteiger charge is -2.01. The lowest BCUT2D eigenvalue weighted by molar-refractivity contribution is 0.275. The third kappa shape index (κ3) is 1.79. The molecule has 0 saturated heterocycles. The Kier molecular flexibility index (Phi) is 2.75. The van der Waals surface area contributed by atoms with Gasteiger partial charge in [0.1, 0.15) is 0 Å². The number of pyridine rings is 1. The maximum atomic E-state index is 12.7. The number of hydrogen-bond donors (Lipinski definition) is 3. The first-order valence-electron chi connectivity index (χ1n) is 3.27. The molecule has 0 radical (unpaired) electrons. The number of aliphatic hydroxyl groups excluding tert-OH is 1. The molecule has 0 atom stereocenters. The largest absolute Gasteiger partial charge is 0.493 e. The SMILES string of the molecule is OCc1ccc(B(O)O)c(F)n1. The van der Waals surface area contributed by atoms with Crippen LogP contribution in [0, 0.1) is 5.95 Å². The van der Waals surface area contributed by atoms with Gasteiger partial charge in [-0.25, -0.2) is 4.98 Å². The minimum atomic E-state index is -1.87. The first-order chi connectivity index (χ1) is 5.65. The number of nitrogens with zero attached hydrogens (tertiary/aromatic N) is 1. The molecule has 0 bridgehead atoms. The summed E-state index contributed by atoms with van der Waals surface area (Å²) in [6.45, 7) is -0.376. The number of rotatable bonds is 2. The van der Waals surface area contributed by atoms with Crippen LogP contribution in [0.3, 0.4) is 0 Å². The van der Waals surface area contributed by atoms with E-state index in [4.69, 9.17) is 15.2 Å². The molecule has 0 aliphatic carbocycles. The van der Waals surface area contributed by atoms with E-state index in [0.717, 1.165) is 0 Å². The van der Waals surface area contributed by atoms with Crippen LogP contribution in [0.25, 0.3) is 0 Å². The van der Waals surface area contributed by atoms with E-state index in [2.05, 4.69) is 4.98 Å². The number of aliphatic hydroxyl groups is 1. The van der Waals surface area contributed by atoms with Gasteiger partial charge in [0, 0.05) is 5.46 Å². The van der Waals surface area contributed by atoms with Gasteiger partial charge in [0.2, 0.25) is 5.95 Å². The van der Waals surface area contributed by atoms with E-state index in [1.807, 2.05) is 0 Å². The van der Waals surface area contributed by atoms with E-state index < -0.39 is 13.1 Å². The number of halogens is 1. The Morgan fingerprint density at radius 3 is 2.50 bits per heavy atom. The first-order valence-corrected chi connectivity index (χ1v) is 3.27. The maximum absolute atomic E-state index is 12.7. The Morgan fingerprint density at radius 2 is 2.08 bits per heavy atom. The van der Waals surface area contributed by atoms with Crippen molar-refractivity contribution in [2.45, 2.75) is 6.61 Å². The highest BCUT2D eigenvalue weighted by Gasteiger charge is 2.17. The number of hydrogen-bond acceptors (Lipinski definition) is 4. The summed E-state index contributed by atoms with van der Waals surface area (Å²) in [6, 6.07) is 2.48. The second kappa shape index (κ2) is 3.62. The summed E-state index contributed by atoms with van der Waals surface area (Å²) < 4.78 is 12.7. The van der Waals surface area contributed by atoms with E-state index >= 15 is 0 Å². The van der Waals surface area contributed by atoms with E-state index in [0.29, 0.717) is 0 Å². The summed E-state index contributed by atoms with van der Waals surface area (Å²) in [7, 11) is -1.87. The molecule has 0 aliphatic rings. The Bertz CT molecular complexity index is 281. The summed E-state index contributed by atoms with van der Waals surface area (Å²) in [5.41, 5.74) is -0.149. The minimum absolute atomic E-state index is 0.150. The van der Waals surface area contributed by atoms with Crippen LogP contribution in [-0.2, 0) is 6.61 Å². The molecule has 0 amide bonds. The zero-order valence-electron chi connectivity index (χ0n) is 6.11. The van der Waals surface area contributed by atoms with Gasteiger partial charge in [-0.1, -0.05) is 6.07 Å². The molecule has 0 aromatic carbocycles. The van der Waals surface area contributed by atoms with Crippen LogP contribution in [0.2, 0.25) is 0 Å². The molecule has 0 saturated carbocycles. The molecule has 12 heavy (non-hydrogen) atoms. The van der Waals surface area contributed by atoms with Gasteiger partial charge in [0.25, 0.3) is 0 Å². The molecule has 0 aliphatic heterocycles. The summed E-state index contributed by atoms with van der Waals surface area (Å²) in [5.74, 6) is -0.975. The van der Waals surface area contributed by atoms with Gasteiger partial charge in [-0.05, 0) is 6.07 Å². The van der Waals surface area contributed by atoms with Crippen LogP contribution in [0.4, 0.5) is 4.39 Å². The van der Waals surface area contributed by atoms with Crippen LogP contribution in [0.15, 0.2) is 12.1 Å². The standard InChI is InChI=1S/C6H7BFNO3/c8-6-5(7(11)12)2-1-4(3-10)9-6/h1-2,10-12H,3H2. The predicted octanol–water partition coefficient (Wildman–Crippen LogP) is -1.61. The fourth-order valence-electron chi connectivity index (χ4n) is 0.763. The molecule has 1 aromatic rings. The highest BCUT2D eigenvalue weighted by atomic mass is 19.1. The van der Waals surface area contributed by atoms with Gasteiger partial charge < -0.3 is 15.2 Å². The average Bonchev–Trinajstić information content (AvgIpc) is 2.03. The molecular weight excluding hydrogens is 164 g/mol. The molecule has 64 valence electrons. The molecule has 4 nitrogen and oxygen atoms in total. The van der Waals surface area contributed by atoms with Gasteiger partial charge in [0.15, 0.2) is 0 Å². The van der Waals surface area contributed by atoms with Crippen molar-refractivity contribution in [2.75, 3.05) is 0 Å². The Morgan fingerprint density at radius 1 is 1.42 bits per heavy atom. The minimum Gasteiger partial charge on any atom is -0.423 e. The van der Waals surface area contributed by atoms with Crippen LogP contribution >= 0.6 is 0 Å². The highest BCUT2D eigenvalue weighted by molar-refractivity contribution is 6.58. The van der Waals surface area contributed by atoms with E-state index in [1.54, 1.807) is 0 Å². The molecule has 6 heteroatoms. The van der Waals surface area contributed by atoms with Gasteiger partial charge >= 0.3 is 7.12 Å². The van der Waals surface area contributed by atoms with Crippen molar-refractivity contribution in [1.29, 1.82) is 0 Å². The molecule has 0 fully saturated rings. The van der Waals surface area contributed by atoms with Crippen molar-refractivity contribution < 1.29 is 19.5 Å². The van der Waals surface area contributed by atoms with Gasteiger partial charge in [-0.15, -0.1) is 0 Å². The van der Waals surface area contributed by atoms with E-state index in [-0.39, 0.29) is 17.8 Å². The fourth-order valence-corrected chi connectivity index (χ4v) is 0.763. The van der Waals surface area contributed by atoms with Crippen molar-refractivity contribution in [2.24, 2.45) is 0 Å². The second-order valence-electron chi connectivity index (χ2n) is 2.21. The van der Waals surface area contributed by atoms with E-state index in [9.17, 15) is 4.39 Å². The third-order valence-electron chi connectivity index (χ3n) is 1.38. The lowest BCUT2D eigenvalue weighted by Crippen LogP contribution is -2.33. The highest BCUT2D eigenvalue weighted by Crippen LogP contribution is 1.95. The van der Waals surface area contributed by atoms with Crippen molar-refractivity contribution in [3.8, 4) is 0 Å². The van der Waals surface area contributed by atoms with Gasteiger partial charge in [0.05, 0.1) is 12.3 Å². The van der Waals surface area contributed by atoms with Gasteiger partial charge in [-0.3, -0.25) is 0 Å². The zero-order chi connectivity index (χ0) is 9.14. The number of aromatic nitrogens is 1. The third-order valence-corrected chi connectivity index (χ3v) is 1.38. The Labute approximate surface area is 68.5 Å². The summed E-state index contributed by atoms with van der Waals surface area (Å²) in [4.78, 5) is 3.28. The summed E-state index contributed by atoms with van der Waals surface area (Å²) >= 11 is 0. The lowest BCUT2D eigenvalue weighted by atomic mass is 9.81. The molecule has 0 spiro atoms. The van der Waals surface area contributed by atoms with Crippen LogP contribution in [0.5, 0.6) is 0 Å². The summed E-state index contributed by atoms with van der Waals surface area (Å²) in [6.07, 6.45) is 0. The predicted molar refractivity (Wildman–Crippen MR) is 39.9 cm³/mol. The van der Waals surface area contributed by atoms with Crippen LogP contribution in [-0.4, -0.2) is 27.3 Å². The second-order valence-corrected chi connectivity index (χ2v) is 2.21. The smallest absolute Gasteiger partial charge is 0.423 e. The molecule has 1 aromatic heterocycles. The Hall–Kier alpha value is -0.975. The normalized spacial score (nSPS) is 10.0. The van der Waals surface area contributed by atoms with Crippen molar-refractivity contribution in [3.63, 3.8) is 0 Å². The average molecular weight is 171 g/mol.